The summed E-state index contributed by atoms with van der Waals surface area (Å²) < 4.78 is 1.09. The first-order chi connectivity index (χ1) is 11.5. The molecule has 0 radical (unpaired) electrons. The van der Waals surface area contributed by atoms with Crippen molar-refractivity contribution in [3.63, 3.8) is 0 Å². The first-order valence-corrected chi connectivity index (χ1v) is 9.33. The molecule has 2 N–H and O–H groups in total. The molecule has 1 aliphatic rings. The molecule has 0 spiro atoms. The molecule has 2 heterocycles. The predicted molar refractivity (Wildman–Crippen MR) is 99.5 cm³/mol. The van der Waals surface area contributed by atoms with Crippen LogP contribution in [0.25, 0.3) is 0 Å². The predicted octanol–water partition coefficient (Wildman–Crippen LogP) is 1.90. The maximum absolute atomic E-state index is 13.0. The Morgan fingerprint density at radius 1 is 1.38 bits per heavy atom. The molecule has 1 unspecified atom stereocenters. The van der Waals surface area contributed by atoms with E-state index in [1.807, 2.05) is 44.3 Å². The third-order valence-corrected chi connectivity index (χ3v) is 5.85. The average Bonchev–Trinajstić information content (AvgIpc) is 2.97. The number of anilines is 2. The van der Waals surface area contributed by atoms with Gasteiger partial charge in [0.25, 0.3) is 5.91 Å². The Morgan fingerprint density at radius 3 is 2.83 bits per heavy atom. The summed E-state index contributed by atoms with van der Waals surface area (Å²) in [5, 5.41) is 2.81. The number of carbonyl (C=O) groups is 2. The number of thiophene rings is 1. The number of amides is 2. The number of nitrogens with zero attached hydrogens (tertiary/aromatic N) is 1. The largest absolute Gasteiger partial charge is 0.323 e. The standard InChI is InChI=1S/C17H18BrN3O2S/c1-11(20(2)9-12-7-8-15(18)24-12)17(23)21-10-16(22)19-13-5-3-4-6-14(13)21/h3-8,11H,9-10H2,1-2H3,(H,19,22)/p+1/t11-/m1/s1. The molecule has 126 valence electrons. The van der Waals surface area contributed by atoms with E-state index in [-0.39, 0.29) is 24.4 Å². The number of benzene rings is 1. The molecule has 0 saturated heterocycles. The minimum atomic E-state index is -0.246. The zero-order chi connectivity index (χ0) is 17.3. The van der Waals surface area contributed by atoms with Gasteiger partial charge in [-0.1, -0.05) is 12.1 Å². The van der Waals surface area contributed by atoms with Gasteiger partial charge in [0.05, 0.1) is 27.1 Å². The highest BCUT2D eigenvalue weighted by Gasteiger charge is 2.33. The molecule has 24 heavy (non-hydrogen) atoms. The summed E-state index contributed by atoms with van der Waals surface area (Å²) in [7, 11) is 2.01. The van der Waals surface area contributed by atoms with E-state index in [1.54, 1.807) is 16.2 Å². The monoisotopic (exact) mass is 408 g/mol. The highest BCUT2D eigenvalue weighted by Crippen LogP contribution is 2.29. The summed E-state index contributed by atoms with van der Waals surface area (Å²) >= 11 is 5.14. The van der Waals surface area contributed by atoms with Crippen molar-refractivity contribution in [3.05, 3.63) is 45.1 Å². The van der Waals surface area contributed by atoms with Crippen LogP contribution < -0.4 is 15.1 Å². The molecule has 0 bridgehead atoms. The van der Waals surface area contributed by atoms with Crippen LogP contribution in [0.3, 0.4) is 0 Å². The number of carbonyl (C=O) groups excluding carboxylic acids is 2. The number of rotatable bonds is 4. The molecule has 1 aromatic heterocycles. The molecule has 5 nitrogen and oxygen atoms in total. The van der Waals surface area contributed by atoms with Crippen LogP contribution in [0, 0.1) is 0 Å². The molecule has 2 amide bonds. The van der Waals surface area contributed by atoms with E-state index < -0.39 is 0 Å². The molecule has 0 fully saturated rings. The average molecular weight is 409 g/mol. The second-order valence-corrected chi connectivity index (χ2v) is 8.49. The lowest BCUT2D eigenvalue weighted by molar-refractivity contribution is -0.907. The topological polar surface area (TPSA) is 53.9 Å². The van der Waals surface area contributed by atoms with Crippen LogP contribution >= 0.6 is 27.3 Å². The first kappa shape index (κ1) is 17.1. The summed E-state index contributed by atoms with van der Waals surface area (Å²) in [5.74, 6) is -0.195. The molecule has 2 atom stereocenters. The molecular formula is C17H19BrN3O2S+. The van der Waals surface area contributed by atoms with Crippen molar-refractivity contribution in [2.75, 3.05) is 23.8 Å². The van der Waals surface area contributed by atoms with E-state index in [4.69, 9.17) is 0 Å². The van der Waals surface area contributed by atoms with E-state index >= 15 is 0 Å². The van der Waals surface area contributed by atoms with Gasteiger partial charge >= 0.3 is 0 Å². The van der Waals surface area contributed by atoms with Crippen LogP contribution in [0.4, 0.5) is 11.4 Å². The number of fused-ring (bicyclic) bond motifs is 1. The van der Waals surface area contributed by atoms with E-state index in [0.29, 0.717) is 5.69 Å². The van der Waals surface area contributed by atoms with Crippen molar-refractivity contribution in [2.45, 2.75) is 19.5 Å². The number of quaternary nitrogens is 1. The SMILES string of the molecule is C[C@H](C(=O)N1CC(=O)Nc2ccccc21)[NH+](C)Cc1ccc(Br)s1. The van der Waals surface area contributed by atoms with Crippen molar-refractivity contribution >= 4 is 50.5 Å². The minimum absolute atomic E-state index is 0.0366. The van der Waals surface area contributed by atoms with E-state index in [1.165, 1.54) is 4.88 Å². The van der Waals surface area contributed by atoms with Crippen LogP contribution in [-0.4, -0.2) is 31.4 Å². The number of nitrogens with one attached hydrogen (secondary N) is 2. The van der Waals surface area contributed by atoms with Crippen LogP contribution in [0.15, 0.2) is 40.2 Å². The maximum atomic E-state index is 13.0. The van der Waals surface area contributed by atoms with Gasteiger partial charge in [0, 0.05) is 0 Å². The van der Waals surface area contributed by atoms with Gasteiger partial charge in [0.1, 0.15) is 13.1 Å². The highest BCUT2D eigenvalue weighted by atomic mass is 79.9. The third-order valence-electron chi connectivity index (χ3n) is 4.23. The minimum Gasteiger partial charge on any atom is -0.323 e. The van der Waals surface area contributed by atoms with Gasteiger partial charge in [-0.2, -0.15) is 0 Å². The second kappa shape index (κ2) is 7.04. The van der Waals surface area contributed by atoms with Gasteiger partial charge in [0.2, 0.25) is 5.91 Å². The summed E-state index contributed by atoms with van der Waals surface area (Å²) in [4.78, 5) is 28.8. The lowest BCUT2D eigenvalue weighted by Gasteiger charge is -2.32. The van der Waals surface area contributed by atoms with E-state index in [2.05, 4.69) is 27.3 Å². The molecule has 1 aromatic carbocycles. The van der Waals surface area contributed by atoms with Crippen LogP contribution in [0.5, 0.6) is 0 Å². The van der Waals surface area contributed by atoms with Crippen LogP contribution in [-0.2, 0) is 16.1 Å². The molecule has 1 aliphatic heterocycles. The lowest BCUT2D eigenvalue weighted by Crippen LogP contribution is -3.12. The molecule has 7 heteroatoms. The fourth-order valence-corrected chi connectivity index (χ4v) is 4.33. The fraction of sp³-hybridized carbons (Fsp3) is 0.294. The van der Waals surface area contributed by atoms with Gasteiger partial charge in [-0.3, -0.25) is 14.5 Å². The number of para-hydroxylation sites is 2. The Labute approximate surface area is 153 Å². The summed E-state index contributed by atoms with van der Waals surface area (Å²) in [6, 6.07) is 11.3. The van der Waals surface area contributed by atoms with E-state index in [9.17, 15) is 9.59 Å². The maximum Gasteiger partial charge on any atom is 0.285 e. The Balaban J connectivity index is 1.77. The molecule has 0 saturated carbocycles. The summed E-state index contributed by atoms with van der Waals surface area (Å²) in [6.45, 7) is 2.75. The van der Waals surface area contributed by atoms with Crippen molar-refractivity contribution in [1.82, 2.24) is 0 Å². The van der Waals surface area contributed by atoms with Crippen molar-refractivity contribution < 1.29 is 14.5 Å². The van der Waals surface area contributed by atoms with Gasteiger partial charge < -0.3 is 10.2 Å². The van der Waals surface area contributed by atoms with Crippen molar-refractivity contribution in [3.8, 4) is 0 Å². The molecular weight excluding hydrogens is 390 g/mol. The number of likely N-dealkylation sites (N-methyl/N-ethyl adjacent to an activating group) is 1. The normalized spacial score (nSPS) is 16.3. The zero-order valence-corrected chi connectivity index (χ0v) is 15.9. The fourth-order valence-electron chi connectivity index (χ4n) is 2.75. The lowest BCUT2D eigenvalue weighted by atomic mass is 10.1. The van der Waals surface area contributed by atoms with Gasteiger partial charge in [0.15, 0.2) is 6.04 Å². The van der Waals surface area contributed by atoms with Crippen molar-refractivity contribution in [1.29, 1.82) is 0 Å². The Bertz CT molecular complexity index is 777. The zero-order valence-electron chi connectivity index (χ0n) is 13.5. The second-order valence-electron chi connectivity index (χ2n) is 5.94. The van der Waals surface area contributed by atoms with Gasteiger partial charge in [-0.25, -0.2) is 0 Å². The molecule has 3 rings (SSSR count). The van der Waals surface area contributed by atoms with Gasteiger partial charge in [-0.15, -0.1) is 11.3 Å². The van der Waals surface area contributed by atoms with Crippen LogP contribution in [0.2, 0.25) is 0 Å². The number of halogens is 1. The quantitative estimate of drug-likeness (QED) is 0.811. The summed E-state index contributed by atoms with van der Waals surface area (Å²) in [6.07, 6.45) is 0. The Morgan fingerprint density at radius 2 is 2.12 bits per heavy atom. The smallest absolute Gasteiger partial charge is 0.285 e. The van der Waals surface area contributed by atoms with Crippen LogP contribution in [0.1, 0.15) is 11.8 Å². The first-order valence-electron chi connectivity index (χ1n) is 7.72. The Kier molecular flexibility index (Phi) is 5.03. The third kappa shape index (κ3) is 3.53. The van der Waals surface area contributed by atoms with Gasteiger partial charge in [-0.05, 0) is 47.1 Å². The van der Waals surface area contributed by atoms with Crippen molar-refractivity contribution in [2.24, 2.45) is 0 Å². The number of hydrogen-bond donors (Lipinski definition) is 2. The van der Waals surface area contributed by atoms with E-state index in [0.717, 1.165) is 20.9 Å². The number of hydrogen-bond acceptors (Lipinski definition) is 3. The molecule has 0 aliphatic carbocycles. The summed E-state index contributed by atoms with van der Waals surface area (Å²) in [5.41, 5.74) is 1.45. The molecule has 2 aromatic rings. The Hall–Kier alpha value is -1.70. The highest BCUT2D eigenvalue weighted by molar-refractivity contribution is 9.11.